The van der Waals surface area contributed by atoms with Gasteiger partial charge in [-0.1, -0.05) is 20.8 Å². The molecule has 1 rings (SSSR count). The second-order valence-corrected chi connectivity index (χ2v) is 6.45. The Kier molecular flexibility index (Phi) is 5.99. The van der Waals surface area contributed by atoms with Gasteiger partial charge in [-0.15, -0.1) is 0 Å². The highest BCUT2D eigenvalue weighted by molar-refractivity contribution is 5.95. The molecule has 0 bridgehead atoms. The number of rotatable bonds is 6. The second kappa shape index (κ2) is 7.31. The smallest absolute Gasteiger partial charge is 0.288 e. The summed E-state index contributed by atoms with van der Waals surface area (Å²) in [5.74, 6) is -0.294. The molecule has 1 aromatic heterocycles. The van der Waals surface area contributed by atoms with Crippen LogP contribution in [-0.4, -0.2) is 45.5 Å². The van der Waals surface area contributed by atoms with Crippen molar-refractivity contribution in [3.05, 3.63) is 33.6 Å². The minimum atomic E-state index is -0.564. The number of aliphatic hydroxyl groups is 1. The van der Waals surface area contributed by atoms with Gasteiger partial charge in [-0.2, -0.15) is 0 Å². The molecule has 1 N–H and O–H groups in total. The van der Waals surface area contributed by atoms with Crippen LogP contribution in [0.15, 0.2) is 12.3 Å². The van der Waals surface area contributed by atoms with Crippen LogP contribution < -0.4 is 0 Å². The topological polar surface area (TPSA) is 96.6 Å². The Hall–Kier alpha value is -2.02. The third-order valence-electron chi connectivity index (χ3n) is 3.05. The van der Waals surface area contributed by atoms with Crippen molar-refractivity contribution < 1.29 is 14.8 Å². The van der Waals surface area contributed by atoms with E-state index in [1.807, 2.05) is 20.8 Å². The molecule has 1 aromatic rings. The molecule has 0 aliphatic carbocycles. The zero-order valence-electron chi connectivity index (χ0n) is 13.5. The van der Waals surface area contributed by atoms with E-state index in [1.165, 1.54) is 6.07 Å². The number of pyridine rings is 1. The highest BCUT2D eigenvalue weighted by atomic mass is 16.6. The number of hydrogen-bond acceptors (Lipinski definition) is 5. The molecule has 1 amide bonds. The van der Waals surface area contributed by atoms with E-state index in [4.69, 9.17) is 5.11 Å². The summed E-state index contributed by atoms with van der Waals surface area (Å²) >= 11 is 0. The van der Waals surface area contributed by atoms with Crippen molar-refractivity contribution in [1.29, 1.82) is 0 Å². The molecule has 0 radical (unpaired) electrons. The molecular formula is C15H23N3O4. The van der Waals surface area contributed by atoms with E-state index < -0.39 is 4.92 Å². The molecule has 0 saturated heterocycles. The van der Waals surface area contributed by atoms with Gasteiger partial charge < -0.3 is 10.0 Å². The van der Waals surface area contributed by atoms with E-state index in [9.17, 15) is 14.9 Å². The third-order valence-corrected chi connectivity index (χ3v) is 3.05. The number of nitro groups is 1. The van der Waals surface area contributed by atoms with Gasteiger partial charge in [0, 0.05) is 25.8 Å². The molecule has 7 nitrogen and oxygen atoms in total. The number of carbonyl (C=O) groups excluding carboxylic acids is 1. The van der Waals surface area contributed by atoms with E-state index in [0.717, 1.165) is 6.20 Å². The number of aliphatic hydroxyl groups excluding tert-OH is 1. The number of carbonyl (C=O) groups is 1. The van der Waals surface area contributed by atoms with Gasteiger partial charge in [0.05, 0.1) is 16.2 Å². The van der Waals surface area contributed by atoms with Crippen LogP contribution in [0.5, 0.6) is 0 Å². The van der Waals surface area contributed by atoms with E-state index in [0.29, 0.717) is 25.2 Å². The van der Waals surface area contributed by atoms with Crippen LogP contribution in [0, 0.1) is 22.5 Å². The molecule has 1 heterocycles. The molecule has 0 unspecified atom stereocenters. The predicted octanol–water partition coefficient (Wildman–Crippen LogP) is 2.17. The molecular weight excluding hydrogens is 286 g/mol. The maximum Gasteiger partial charge on any atom is 0.288 e. The monoisotopic (exact) mass is 309 g/mol. The fourth-order valence-electron chi connectivity index (χ4n) is 2.10. The molecule has 122 valence electrons. The molecule has 0 aliphatic heterocycles. The lowest BCUT2D eigenvalue weighted by Crippen LogP contribution is -2.39. The first-order chi connectivity index (χ1) is 10.2. The summed E-state index contributed by atoms with van der Waals surface area (Å²) in [7, 11) is 0. The average molecular weight is 309 g/mol. The standard InChI is InChI=1S/C15H23N3O4/c1-11-13(8-12(9-16-11)18(21)22)14(20)17(6-5-7-19)10-15(2,3)4/h8-9,19H,5-7,10H2,1-4H3. The normalized spacial score (nSPS) is 11.3. The van der Waals surface area contributed by atoms with Crippen LogP contribution in [0.4, 0.5) is 5.69 Å². The Morgan fingerprint density at radius 1 is 1.45 bits per heavy atom. The Labute approximate surface area is 130 Å². The van der Waals surface area contributed by atoms with Crippen LogP contribution in [0.3, 0.4) is 0 Å². The number of nitrogens with zero attached hydrogens (tertiary/aromatic N) is 3. The maximum atomic E-state index is 12.7. The van der Waals surface area contributed by atoms with Crippen molar-refractivity contribution in [3.8, 4) is 0 Å². The maximum absolute atomic E-state index is 12.7. The van der Waals surface area contributed by atoms with Crippen molar-refractivity contribution in [1.82, 2.24) is 9.88 Å². The van der Waals surface area contributed by atoms with Crippen molar-refractivity contribution in [3.63, 3.8) is 0 Å². The van der Waals surface area contributed by atoms with Gasteiger partial charge in [-0.3, -0.25) is 19.9 Å². The number of aromatic nitrogens is 1. The summed E-state index contributed by atoms with van der Waals surface area (Å²) in [6.07, 6.45) is 1.61. The first-order valence-electron chi connectivity index (χ1n) is 7.17. The molecule has 0 aromatic carbocycles. The highest BCUT2D eigenvalue weighted by Crippen LogP contribution is 2.20. The SMILES string of the molecule is Cc1ncc([N+](=O)[O-])cc1C(=O)N(CCCO)CC(C)(C)C. The summed E-state index contributed by atoms with van der Waals surface area (Å²) in [5.41, 5.74) is 0.370. The first-order valence-corrected chi connectivity index (χ1v) is 7.17. The minimum Gasteiger partial charge on any atom is -0.396 e. The van der Waals surface area contributed by atoms with Gasteiger partial charge in [-0.25, -0.2) is 0 Å². The third kappa shape index (κ3) is 5.07. The molecule has 0 atom stereocenters. The summed E-state index contributed by atoms with van der Waals surface area (Å²) < 4.78 is 0. The van der Waals surface area contributed by atoms with E-state index >= 15 is 0 Å². The summed E-state index contributed by atoms with van der Waals surface area (Å²) in [5, 5.41) is 19.9. The van der Waals surface area contributed by atoms with Gasteiger partial charge in [0.1, 0.15) is 6.20 Å². The van der Waals surface area contributed by atoms with Crippen molar-refractivity contribution >= 4 is 11.6 Å². The molecule has 0 fully saturated rings. The van der Waals surface area contributed by atoms with E-state index in [2.05, 4.69) is 4.98 Å². The predicted molar refractivity (Wildman–Crippen MR) is 82.7 cm³/mol. The van der Waals surface area contributed by atoms with Crippen molar-refractivity contribution in [2.45, 2.75) is 34.1 Å². The first kappa shape index (κ1) is 18.0. The lowest BCUT2D eigenvalue weighted by Gasteiger charge is -2.30. The Morgan fingerprint density at radius 3 is 2.59 bits per heavy atom. The van der Waals surface area contributed by atoms with Crippen molar-refractivity contribution in [2.75, 3.05) is 19.7 Å². The van der Waals surface area contributed by atoms with E-state index in [-0.39, 0.29) is 29.2 Å². The fraction of sp³-hybridized carbons (Fsp3) is 0.600. The van der Waals surface area contributed by atoms with Crippen LogP contribution >= 0.6 is 0 Å². The fourth-order valence-corrected chi connectivity index (χ4v) is 2.10. The van der Waals surface area contributed by atoms with Gasteiger partial charge in [0.15, 0.2) is 0 Å². The lowest BCUT2D eigenvalue weighted by atomic mass is 9.95. The summed E-state index contributed by atoms with van der Waals surface area (Å²) in [4.78, 5) is 28.6. The molecule has 0 aliphatic rings. The molecule has 0 spiro atoms. The van der Waals surface area contributed by atoms with Crippen LogP contribution in [0.1, 0.15) is 43.2 Å². The molecule has 7 heteroatoms. The van der Waals surface area contributed by atoms with Crippen LogP contribution in [0.2, 0.25) is 0 Å². The zero-order valence-corrected chi connectivity index (χ0v) is 13.5. The van der Waals surface area contributed by atoms with Gasteiger partial charge in [0.2, 0.25) is 0 Å². The second-order valence-electron chi connectivity index (χ2n) is 6.45. The highest BCUT2D eigenvalue weighted by Gasteiger charge is 2.24. The van der Waals surface area contributed by atoms with Gasteiger partial charge >= 0.3 is 0 Å². The Bertz CT molecular complexity index is 552. The Balaban J connectivity index is 3.12. The minimum absolute atomic E-state index is 0.0138. The lowest BCUT2D eigenvalue weighted by molar-refractivity contribution is -0.385. The quantitative estimate of drug-likeness (QED) is 0.641. The largest absolute Gasteiger partial charge is 0.396 e. The zero-order chi connectivity index (χ0) is 16.9. The van der Waals surface area contributed by atoms with Crippen LogP contribution in [-0.2, 0) is 0 Å². The van der Waals surface area contributed by atoms with Crippen molar-refractivity contribution in [2.24, 2.45) is 5.41 Å². The number of amides is 1. The van der Waals surface area contributed by atoms with Gasteiger partial charge in [-0.05, 0) is 18.8 Å². The molecule has 22 heavy (non-hydrogen) atoms. The van der Waals surface area contributed by atoms with Crippen LogP contribution in [0.25, 0.3) is 0 Å². The van der Waals surface area contributed by atoms with E-state index in [1.54, 1.807) is 11.8 Å². The number of aryl methyl sites for hydroxylation is 1. The number of hydrogen-bond donors (Lipinski definition) is 1. The average Bonchev–Trinajstić information content (AvgIpc) is 2.41. The molecule has 0 saturated carbocycles. The Morgan fingerprint density at radius 2 is 2.09 bits per heavy atom. The summed E-state index contributed by atoms with van der Waals surface area (Å²) in [6.45, 7) is 8.54. The van der Waals surface area contributed by atoms with Gasteiger partial charge in [0.25, 0.3) is 11.6 Å². The summed E-state index contributed by atoms with van der Waals surface area (Å²) in [6, 6.07) is 1.26.